The topological polar surface area (TPSA) is 54.4 Å². The summed E-state index contributed by atoms with van der Waals surface area (Å²) in [6.45, 7) is 3.67. The second kappa shape index (κ2) is 5.97. The van der Waals surface area contributed by atoms with E-state index in [1.54, 1.807) is 30.3 Å². The number of ketones is 1. The molecule has 0 heterocycles. The van der Waals surface area contributed by atoms with Gasteiger partial charge in [0.25, 0.3) is 0 Å². The third-order valence-electron chi connectivity index (χ3n) is 3.03. The number of hydrogen-bond donors (Lipinski definition) is 1. The van der Waals surface area contributed by atoms with E-state index in [4.69, 9.17) is 5.11 Å². The monoisotopic (exact) mass is 266 g/mol. The van der Waals surface area contributed by atoms with Gasteiger partial charge in [-0.25, -0.2) is 4.79 Å². The first-order chi connectivity index (χ1) is 9.65. The third kappa shape index (κ3) is 2.67. The van der Waals surface area contributed by atoms with E-state index in [0.717, 1.165) is 5.56 Å². The quantitative estimate of drug-likeness (QED) is 0.667. The van der Waals surface area contributed by atoms with Gasteiger partial charge in [0.2, 0.25) is 0 Å². The Morgan fingerprint density at radius 2 is 1.50 bits per heavy atom. The Bertz CT molecular complexity index is 671. The highest BCUT2D eigenvalue weighted by Gasteiger charge is 2.18. The summed E-state index contributed by atoms with van der Waals surface area (Å²) in [5.41, 5.74) is 1.58. The maximum absolute atomic E-state index is 12.6. The molecule has 0 aliphatic carbocycles. The van der Waals surface area contributed by atoms with Crippen molar-refractivity contribution < 1.29 is 14.7 Å². The first kappa shape index (κ1) is 13.7. The molecule has 0 atom stereocenters. The number of carboxylic acids is 1. The molecule has 0 aliphatic heterocycles. The minimum Gasteiger partial charge on any atom is -0.478 e. The van der Waals surface area contributed by atoms with Crippen LogP contribution < -0.4 is 0 Å². The van der Waals surface area contributed by atoms with E-state index in [1.165, 1.54) is 12.1 Å². The van der Waals surface area contributed by atoms with Gasteiger partial charge in [-0.05, 0) is 18.1 Å². The highest BCUT2D eigenvalue weighted by Crippen LogP contribution is 2.18. The molecule has 3 heteroatoms. The standard InChI is InChI=1S/C17H14O3/c1-2-7-12-8-3-4-9-13(12)16(18)14-10-5-6-11-15(14)17(19)20/h2-6,8-11H,1,7H2,(H,19,20). The molecular formula is C17H14O3. The van der Waals surface area contributed by atoms with Crippen LogP contribution in [0.15, 0.2) is 61.2 Å². The molecule has 2 aromatic carbocycles. The number of carbonyl (C=O) groups excluding carboxylic acids is 1. The van der Waals surface area contributed by atoms with Gasteiger partial charge >= 0.3 is 5.97 Å². The zero-order valence-electron chi connectivity index (χ0n) is 10.9. The zero-order chi connectivity index (χ0) is 14.5. The molecule has 3 nitrogen and oxygen atoms in total. The Kier molecular flexibility index (Phi) is 4.11. The maximum Gasteiger partial charge on any atom is 0.336 e. The van der Waals surface area contributed by atoms with E-state index in [2.05, 4.69) is 6.58 Å². The van der Waals surface area contributed by atoms with Crippen LogP contribution in [0, 0.1) is 0 Å². The molecule has 0 radical (unpaired) electrons. The molecular weight excluding hydrogens is 252 g/mol. The van der Waals surface area contributed by atoms with Crippen molar-refractivity contribution in [2.24, 2.45) is 0 Å². The van der Waals surface area contributed by atoms with Crippen molar-refractivity contribution in [3.8, 4) is 0 Å². The molecule has 20 heavy (non-hydrogen) atoms. The number of hydrogen-bond acceptors (Lipinski definition) is 2. The fourth-order valence-corrected chi connectivity index (χ4v) is 2.09. The maximum atomic E-state index is 12.6. The number of aromatic carboxylic acids is 1. The lowest BCUT2D eigenvalue weighted by atomic mass is 9.94. The van der Waals surface area contributed by atoms with E-state index in [1.807, 2.05) is 12.1 Å². The van der Waals surface area contributed by atoms with E-state index < -0.39 is 5.97 Å². The summed E-state index contributed by atoms with van der Waals surface area (Å²) in [5.74, 6) is -1.38. The van der Waals surface area contributed by atoms with Crippen LogP contribution in [0.3, 0.4) is 0 Å². The van der Waals surface area contributed by atoms with Crippen LogP contribution in [-0.4, -0.2) is 16.9 Å². The molecule has 2 rings (SSSR count). The van der Waals surface area contributed by atoms with E-state index >= 15 is 0 Å². The average molecular weight is 266 g/mol. The minimum absolute atomic E-state index is 0.0194. The van der Waals surface area contributed by atoms with Crippen LogP contribution in [-0.2, 0) is 6.42 Å². The van der Waals surface area contributed by atoms with E-state index in [-0.39, 0.29) is 16.9 Å². The highest BCUT2D eigenvalue weighted by atomic mass is 16.4. The van der Waals surface area contributed by atoms with Gasteiger partial charge in [-0.3, -0.25) is 4.79 Å². The van der Waals surface area contributed by atoms with Gasteiger partial charge in [0, 0.05) is 11.1 Å². The van der Waals surface area contributed by atoms with Crippen LogP contribution >= 0.6 is 0 Å². The summed E-state index contributed by atoms with van der Waals surface area (Å²) in [4.78, 5) is 23.8. The van der Waals surface area contributed by atoms with Crippen molar-refractivity contribution in [3.05, 3.63) is 83.4 Å². The fourth-order valence-electron chi connectivity index (χ4n) is 2.09. The van der Waals surface area contributed by atoms with Crippen LogP contribution in [0.4, 0.5) is 0 Å². The van der Waals surface area contributed by atoms with Crippen molar-refractivity contribution >= 4 is 11.8 Å². The normalized spacial score (nSPS) is 10.0. The Morgan fingerprint density at radius 3 is 2.10 bits per heavy atom. The molecule has 0 fully saturated rings. The molecule has 0 amide bonds. The summed E-state index contributed by atoms with van der Waals surface area (Å²) in [7, 11) is 0. The number of allylic oxidation sites excluding steroid dienone is 1. The van der Waals surface area contributed by atoms with Gasteiger partial charge in [0.1, 0.15) is 0 Å². The van der Waals surface area contributed by atoms with E-state index in [0.29, 0.717) is 12.0 Å². The predicted molar refractivity (Wildman–Crippen MR) is 77.2 cm³/mol. The summed E-state index contributed by atoms with van der Waals surface area (Å²) < 4.78 is 0. The lowest BCUT2D eigenvalue weighted by Gasteiger charge is -2.09. The minimum atomic E-state index is -1.10. The lowest BCUT2D eigenvalue weighted by molar-refractivity contribution is 0.0693. The number of benzene rings is 2. The summed E-state index contributed by atoms with van der Waals surface area (Å²) in [6.07, 6.45) is 2.28. The number of rotatable bonds is 5. The second-order valence-electron chi connectivity index (χ2n) is 4.33. The van der Waals surface area contributed by atoms with Gasteiger partial charge in [0.15, 0.2) is 5.78 Å². The highest BCUT2D eigenvalue weighted by molar-refractivity contribution is 6.14. The summed E-state index contributed by atoms with van der Waals surface area (Å²) in [6, 6.07) is 13.4. The molecule has 0 spiro atoms. The van der Waals surface area contributed by atoms with Gasteiger partial charge in [-0.2, -0.15) is 0 Å². The van der Waals surface area contributed by atoms with E-state index in [9.17, 15) is 9.59 Å². The molecule has 0 saturated carbocycles. The Morgan fingerprint density at radius 1 is 0.950 bits per heavy atom. The van der Waals surface area contributed by atoms with Crippen molar-refractivity contribution in [1.82, 2.24) is 0 Å². The smallest absolute Gasteiger partial charge is 0.336 e. The Hall–Kier alpha value is -2.68. The van der Waals surface area contributed by atoms with Crippen LogP contribution in [0.25, 0.3) is 0 Å². The van der Waals surface area contributed by atoms with Gasteiger partial charge in [-0.15, -0.1) is 6.58 Å². The molecule has 100 valence electrons. The molecule has 0 unspecified atom stereocenters. The molecule has 0 aromatic heterocycles. The van der Waals surface area contributed by atoms with Gasteiger partial charge in [-0.1, -0.05) is 48.5 Å². The number of carbonyl (C=O) groups is 2. The molecule has 0 saturated heterocycles. The largest absolute Gasteiger partial charge is 0.478 e. The molecule has 2 aromatic rings. The average Bonchev–Trinajstić information content (AvgIpc) is 2.47. The second-order valence-corrected chi connectivity index (χ2v) is 4.33. The van der Waals surface area contributed by atoms with Crippen LogP contribution in [0.5, 0.6) is 0 Å². The van der Waals surface area contributed by atoms with Crippen molar-refractivity contribution in [3.63, 3.8) is 0 Å². The van der Waals surface area contributed by atoms with Crippen LogP contribution in [0.2, 0.25) is 0 Å². The SMILES string of the molecule is C=CCc1ccccc1C(=O)c1ccccc1C(=O)O. The third-order valence-corrected chi connectivity index (χ3v) is 3.03. The summed E-state index contributed by atoms with van der Waals surface area (Å²) >= 11 is 0. The zero-order valence-corrected chi connectivity index (χ0v) is 10.9. The lowest BCUT2D eigenvalue weighted by Crippen LogP contribution is -2.11. The predicted octanol–water partition coefficient (Wildman–Crippen LogP) is 3.34. The Labute approximate surface area is 117 Å². The molecule has 1 N–H and O–H groups in total. The first-order valence-electron chi connectivity index (χ1n) is 6.21. The molecule has 0 bridgehead atoms. The first-order valence-corrected chi connectivity index (χ1v) is 6.21. The van der Waals surface area contributed by atoms with Gasteiger partial charge in [0.05, 0.1) is 5.56 Å². The van der Waals surface area contributed by atoms with Gasteiger partial charge < -0.3 is 5.11 Å². The Balaban J connectivity index is 2.52. The summed E-state index contributed by atoms with van der Waals surface area (Å²) in [5, 5.41) is 9.17. The van der Waals surface area contributed by atoms with Crippen LogP contribution in [0.1, 0.15) is 31.8 Å². The van der Waals surface area contributed by atoms with Crippen molar-refractivity contribution in [2.45, 2.75) is 6.42 Å². The number of carboxylic acid groups (broad SMARTS) is 1. The van der Waals surface area contributed by atoms with Crippen molar-refractivity contribution in [1.29, 1.82) is 0 Å². The molecule has 0 aliphatic rings. The fraction of sp³-hybridized carbons (Fsp3) is 0.0588. The van der Waals surface area contributed by atoms with Crippen molar-refractivity contribution in [2.75, 3.05) is 0 Å².